The van der Waals surface area contributed by atoms with Crippen molar-refractivity contribution in [1.29, 1.82) is 0 Å². The van der Waals surface area contributed by atoms with Gasteiger partial charge in [0.1, 0.15) is 6.61 Å². The van der Waals surface area contributed by atoms with Crippen LogP contribution in [0.25, 0.3) is 0 Å². The van der Waals surface area contributed by atoms with Crippen LogP contribution in [0.5, 0.6) is 0 Å². The van der Waals surface area contributed by atoms with Gasteiger partial charge in [-0.25, -0.2) is 4.79 Å². The van der Waals surface area contributed by atoms with Crippen LogP contribution in [0.3, 0.4) is 0 Å². The molecule has 26 heavy (non-hydrogen) atoms. The molecular formula is C17H20N4O5. The van der Waals surface area contributed by atoms with Gasteiger partial charge in [-0.1, -0.05) is 0 Å². The molecule has 1 unspecified atom stereocenters. The van der Waals surface area contributed by atoms with Gasteiger partial charge in [0.05, 0.1) is 23.4 Å². The molecule has 1 aliphatic carbocycles. The number of nitrogens with zero attached hydrogens (tertiary/aromatic N) is 2. The van der Waals surface area contributed by atoms with E-state index in [1.165, 1.54) is 0 Å². The third-order valence-corrected chi connectivity index (χ3v) is 6.16. The fraction of sp³-hybridized carbons (Fsp3) is 0.588. The molecule has 4 atom stereocenters. The van der Waals surface area contributed by atoms with E-state index in [0.29, 0.717) is 29.1 Å². The van der Waals surface area contributed by atoms with Crippen LogP contribution in [-0.4, -0.2) is 78.6 Å². The minimum atomic E-state index is -0.914. The van der Waals surface area contributed by atoms with Gasteiger partial charge < -0.3 is 30.3 Å². The molecule has 0 aromatic heterocycles. The molecule has 138 valence electrons. The number of allylic oxidation sites excluding steroid dienone is 2. The molecular weight excluding hydrogens is 340 g/mol. The number of carbonyl (C=O) groups is 3. The largest absolute Gasteiger partial charge is 0.449 e. The van der Waals surface area contributed by atoms with Gasteiger partial charge in [0, 0.05) is 43.9 Å². The lowest BCUT2D eigenvalue weighted by molar-refractivity contribution is -0.137. The highest BCUT2D eigenvalue weighted by Gasteiger charge is 2.72. The summed E-state index contributed by atoms with van der Waals surface area (Å²) < 4.78 is 11.0. The maximum absolute atomic E-state index is 13.3. The summed E-state index contributed by atoms with van der Waals surface area (Å²) in [6.07, 6.45) is -0.914. The second-order valence-corrected chi connectivity index (χ2v) is 7.38. The van der Waals surface area contributed by atoms with Crippen LogP contribution < -0.4 is 11.1 Å². The predicted molar refractivity (Wildman–Crippen MR) is 87.5 cm³/mol. The Hall–Kier alpha value is -2.39. The molecule has 0 spiro atoms. The molecule has 0 saturated carbocycles. The molecule has 3 N–H and O–H groups in total. The highest BCUT2D eigenvalue weighted by molar-refractivity contribution is 6.25. The number of fused-ring (bicyclic) bond motifs is 4. The van der Waals surface area contributed by atoms with Crippen molar-refractivity contribution in [3.8, 4) is 0 Å². The minimum absolute atomic E-state index is 0.0230. The highest BCUT2D eigenvalue weighted by Crippen LogP contribution is 2.56. The number of rotatable bonds is 4. The van der Waals surface area contributed by atoms with Gasteiger partial charge in [-0.05, 0) is 6.92 Å². The molecule has 9 heteroatoms. The molecule has 9 nitrogen and oxygen atoms in total. The molecule has 0 aromatic rings. The number of methoxy groups -OCH3 is 1. The molecule has 0 radical (unpaired) electrons. The molecule has 4 aliphatic heterocycles. The highest BCUT2D eigenvalue weighted by atomic mass is 16.6. The Morgan fingerprint density at radius 2 is 2.04 bits per heavy atom. The maximum Gasteiger partial charge on any atom is 0.404 e. The summed E-state index contributed by atoms with van der Waals surface area (Å²) in [5.41, 5.74) is 5.97. The normalized spacial score (nSPS) is 37.1. The number of hydrogen-bond acceptors (Lipinski definition) is 8. The third kappa shape index (κ3) is 1.74. The van der Waals surface area contributed by atoms with Gasteiger partial charge in [0.2, 0.25) is 11.6 Å². The number of nitrogens with one attached hydrogen (secondary N) is 1. The van der Waals surface area contributed by atoms with E-state index in [-0.39, 0.29) is 30.3 Å². The van der Waals surface area contributed by atoms with Crippen molar-refractivity contribution < 1.29 is 23.9 Å². The molecule has 3 fully saturated rings. The van der Waals surface area contributed by atoms with Gasteiger partial charge in [-0.15, -0.1) is 0 Å². The zero-order valence-corrected chi connectivity index (χ0v) is 14.6. The number of hydrogen-bond donors (Lipinski definition) is 2. The van der Waals surface area contributed by atoms with E-state index in [0.717, 1.165) is 13.1 Å². The monoisotopic (exact) mass is 360 g/mol. The summed E-state index contributed by atoms with van der Waals surface area (Å²) in [7, 11) is 1.56. The maximum atomic E-state index is 13.3. The van der Waals surface area contributed by atoms with Crippen LogP contribution in [0, 0.1) is 5.92 Å². The van der Waals surface area contributed by atoms with Crippen molar-refractivity contribution in [1.82, 2.24) is 15.1 Å². The smallest absolute Gasteiger partial charge is 0.404 e. The van der Waals surface area contributed by atoms with Crippen molar-refractivity contribution >= 4 is 17.7 Å². The number of piperazine rings is 1. The summed E-state index contributed by atoms with van der Waals surface area (Å²) in [5.74, 6) is -0.888. The number of ketones is 2. The lowest BCUT2D eigenvalue weighted by atomic mass is 9.82. The average molecular weight is 360 g/mol. The topological polar surface area (TPSA) is 124 Å². The van der Waals surface area contributed by atoms with E-state index < -0.39 is 17.7 Å². The Balaban J connectivity index is 1.63. The molecule has 5 rings (SSSR count). The molecule has 0 bridgehead atoms. The van der Waals surface area contributed by atoms with E-state index in [4.69, 9.17) is 15.2 Å². The Kier molecular flexibility index (Phi) is 2.96. The number of ether oxygens (including phenoxy) is 2. The van der Waals surface area contributed by atoms with Gasteiger partial charge in [-0.3, -0.25) is 9.59 Å². The van der Waals surface area contributed by atoms with Crippen LogP contribution in [0.2, 0.25) is 0 Å². The Morgan fingerprint density at radius 3 is 2.65 bits per heavy atom. The van der Waals surface area contributed by atoms with E-state index in [9.17, 15) is 14.4 Å². The fourth-order valence-corrected chi connectivity index (χ4v) is 4.93. The Morgan fingerprint density at radius 1 is 1.31 bits per heavy atom. The SMILES string of the molecule is COC12[C@@H]3N[C@@H]3CN1C1=C(C(=O)C(N3CC3)=C(C)C1=O)[C@@H]2COC(N)=O. The number of amides is 1. The zero-order chi connectivity index (χ0) is 18.4. The molecule has 4 heterocycles. The number of primary amides is 1. The molecule has 0 aromatic carbocycles. The van der Waals surface area contributed by atoms with E-state index in [1.54, 1.807) is 14.0 Å². The first kappa shape index (κ1) is 15.8. The standard InChI is InChI=1S/C17H20N4O5/c1-7-11(20-3-4-20)14(23)10-8(6-26-16(18)24)17(25-2)15-9(19-15)5-21(17)12(10)13(7)22/h8-9,15,19H,3-6H2,1-2H3,(H2,18,24)/t8-,9+,15+,17?/m0/s1. The lowest BCUT2D eigenvalue weighted by Crippen LogP contribution is -2.55. The Bertz CT molecular complexity index is 829. The summed E-state index contributed by atoms with van der Waals surface area (Å²) in [5, 5.41) is 3.33. The van der Waals surface area contributed by atoms with Crippen molar-refractivity contribution in [3.05, 3.63) is 22.5 Å². The van der Waals surface area contributed by atoms with Crippen molar-refractivity contribution in [2.45, 2.75) is 24.7 Å². The van der Waals surface area contributed by atoms with Crippen LogP contribution >= 0.6 is 0 Å². The number of Topliss-reactive ketones (excluding diaryl/α,β-unsaturated/α-hetero) is 2. The van der Waals surface area contributed by atoms with Crippen molar-refractivity contribution in [2.75, 3.05) is 33.4 Å². The minimum Gasteiger partial charge on any atom is -0.449 e. The van der Waals surface area contributed by atoms with Crippen LogP contribution in [0.4, 0.5) is 4.79 Å². The van der Waals surface area contributed by atoms with Crippen LogP contribution in [0.15, 0.2) is 22.5 Å². The van der Waals surface area contributed by atoms with Gasteiger partial charge in [0.15, 0.2) is 5.72 Å². The average Bonchev–Trinajstić information content (AvgIpc) is 3.51. The van der Waals surface area contributed by atoms with Crippen molar-refractivity contribution in [2.24, 2.45) is 11.7 Å². The molecule has 3 saturated heterocycles. The second kappa shape index (κ2) is 4.86. The number of nitrogens with two attached hydrogens (primary N) is 1. The zero-order valence-electron chi connectivity index (χ0n) is 14.6. The van der Waals surface area contributed by atoms with Crippen molar-refractivity contribution in [3.63, 3.8) is 0 Å². The summed E-state index contributed by atoms with van der Waals surface area (Å²) in [4.78, 5) is 41.5. The summed E-state index contributed by atoms with van der Waals surface area (Å²) in [6.45, 7) is 3.71. The molecule has 5 aliphatic rings. The summed E-state index contributed by atoms with van der Waals surface area (Å²) >= 11 is 0. The summed E-state index contributed by atoms with van der Waals surface area (Å²) in [6, 6.07) is 0.172. The van der Waals surface area contributed by atoms with Crippen LogP contribution in [-0.2, 0) is 19.1 Å². The van der Waals surface area contributed by atoms with E-state index in [1.807, 2.05) is 9.80 Å². The van der Waals surface area contributed by atoms with Gasteiger partial charge >= 0.3 is 6.09 Å². The van der Waals surface area contributed by atoms with Gasteiger partial charge in [0.25, 0.3) is 0 Å². The lowest BCUT2D eigenvalue weighted by Gasteiger charge is -2.39. The first-order valence-corrected chi connectivity index (χ1v) is 8.72. The van der Waals surface area contributed by atoms with Gasteiger partial charge in [-0.2, -0.15) is 0 Å². The van der Waals surface area contributed by atoms with E-state index in [2.05, 4.69) is 5.32 Å². The van der Waals surface area contributed by atoms with E-state index >= 15 is 0 Å². The third-order valence-electron chi connectivity index (χ3n) is 6.16. The quantitative estimate of drug-likeness (QED) is 0.469. The van der Waals surface area contributed by atoms with Crippen LogP contribution in [0.1, 0.15) is 6.92 Å². The fourth-order valence-electron chi connectivity index (χ4n) is 4.93. The first-order valence-electron chi connectivity index (χ1n) is 8.72. The predicted octanol–water partition coefficient (Wildman–Crippen LogP) is -1.29. The molecule has 1 amide bonds. The second-order valence-electron chi connectivity index (χ2n) is 7.38. The Labute approximate surface area is 149 Å². The first-order chi connectivity index (χ1) is 12.4. The number of carbonyl (C=O) groups excluding carboxylic acids is 3.